The van der Waals surface area contributed by atoms with Gasteiger partial charge in [0.25, 0.3) is 0 Å². The fraction of sp³-hybridized carbons (Fsp3) is 0. The number of rotatable bonds is 0. The Labute approximate surface area is 59.2 Å². The van der Waals surface area contributed by atoms with Crippen molar-refractivity contribution in [3.05, 3.63) is 12.4 Å². The summed E-state index contributed by atoms with van der Waals surface area (Å²) in [6.45, 7) is 0. The zero-order valence-electron chi connectivity index (χ0n) is 3.30. The summed E-state index contributed by atoms with van der Waals surface area (Å²) in [7, 11) is 9.75. The molecule has 7 heavy (non-hydrogen) atoms. The van der Waals surface area contributed by atoms with Crippen LogP contribution in [0.1, 0.15) is 0 Å². The first kappa shape index (κ1) is 10.6. The van der Waals surface area contributed by atoms with Gasteiger partial charge in [-0.3, -0.25) is 0 Å². The van der Waals surface area contributed by atoms with Crippen molar-refractivity contribution in [2.24, 2.45) is 11.5 Å². The monoisotopic (exact) mass is 322 g/mol. The van der Waals surface area contributed by atoms with Crippen LogP contribution in [0.15, 0.2) is 6.20 Å². The zero-order valence-corrected chi connectivity index (χ0v) is 7.09. The van der Waals surface area contributed by atoms with Gasteiger partial charge in [0.2, 0.25) is 0 Å². The molecule has 2 nitrogen and oxygen atoms in total. The summed E-state index contributed by atoms with van der Waals surface area (Å²) in [5.41, 5.74) is 9.26. The molecular weight excluding hydrogens is 318 g/mol. The number of hydrogen-bond acceptors (Lipinski definition) is 2. The molecule has 0 aromatic carbocycles. The summed E-state index contributed by atoms with van der Waals surface area (Å²) in [5.74, 6) is 0. The van der Waals surface area contributed by atoms with Crippen LogP contribution in [0.4, 0.5) is 0 Å². The molecule has 0 heterocycles. The molecule has 0 aromatic rings. The normalized spacial score (nSPS) is 8.29. The molecule has 0 saturated carbocycles. The third-order valence-corrected chi connectivity index (χ3v) is 0.0962. The topological polar surface area (TPSA) is 52.0 Å². The van der Waals surface area contributed by atoms with Crippen LogP contribution in [0, 0.1) is 6.20 Å². The van der Waals surface area contributed by atoms with Crippen molar-refractivity contribution in [1.82, 2.24) is 0 Å². The third-order valence-electron chi connectivity index (χ3n) is 0.0962. The van der Waals surface area contributed by atoms with Gasteiger partial charge >= 0.3 is 35.3 Å². The van der Waals surface area contributed by atoms with E-state index in [1.54, 1.807) is 0 Å². The van der Waals surface area contributed by atoms with Gasteiger partial charge in [0, 0.05) is 0 Å². The van der Waals surface area contributed by atoms with Gasteiger partial charge in [-0.15, -0.1) is 0 Å². The molecule has 0 rings (SSSR count). The van der Waals surface area contributed by atoms with Crippen molar-refractivity contribution in [3.63, 3.8) is 0 Å². The van der Waals surface area contributed by atoms with Gasteiger partial charge in [-0.2, -0.15) is 6.20 Å². The van der Waals surface area contributed by atoms with Gasteiger partial charge in [-0.25, -0.2) is 0 Å². The Bertz CT molecular complexity index is 36.7. The second-order valence-corrected chi connectivity index (χ2v) is 3.66. The fourth-order valence-corrected chi connectivity index (χ4v) is 0. The summed E-state index contributed by atoms with van der Waals surface area (Å²) < 4.78 is 0. The van der Waals surface area contributed by atoms with Crippen molar-refractivity contribution in [1.29, 1.82) is 0 Å². The summed E-state index contributed by atoms with van der Waals surface area (Å²) >= 11 is -0.472. The zero-order chi connectivity index (χ0) is 6.12. The average Bonchev–Trinajstić information content (AvgIpc) is 1.69. The first-order valence-electron chi connectivity index (χ1n) is 1.15. The van der Waals surface area contributed by atoms with Crippen LogP contribution in [0.25, 0.3) is 0 Å². The van der Waals surface area contributed by atoms with Gasteiger partial charge in [0.05, 0.1) is 0 Å². The van der Waals surface area contributed by atoms with E-state index in [-0.39, 0.29) is 0 Å². The number of nitrogens with two attached hydrogens (primary N) is 2. The van der Waals surface area contributed by atoms with E-state index >= 15 is 0 Å². The Morgan fingerprint density at radius 3 is 1.71 bits per heavy atom. The minimum absolute atomic E-state index is 0.472. The summed E-state index contributed by atoms with van der Waals surface area (Å²) in [6, 6.07) is 0. The quantitative estimate of drug-likeness (QED) is 0.505. The first-order chi connectivity index (χ1) is 3.33. The summed E-state index contributed by atoms with van der Waals surface area (Å²) in [5, 5.41) is 0. The van der Waals surface area contributed by atoms with Crippen LogP contribution in [0.2, 0.25) is 0 Å². The molecule has 0 radical (unpaired) electrons. The Balaban J connectivity index is 0. The molecule has 0 fully saturated rings. The molecular formula is C2H5Cl2N2Pt-. The van der Waals surface area contributed by atoms with Crippen LogP contribution in [0.3, 0.4) is 0 Å². The predicted molar refractivity (Wildman–Crippen MR) is 27.9 cm³/mol. The molecule has 0 atom stereocenters. The molecule has 0 spiro atoms. The van der Waals surface area contributed by atoms with E-state index in [1.807, 2.05) is 0 Å². The van der Waals surface area contributed by atoms with Gasteiger partial charge in [0.15, 0.2) is 0 Å². The molecule has 0 aliphatic carbocycles. The fourth-order valence-electron chi connectivity index (χ4n) is 0. The maximum atomic E-state index is 4.88. The van der Waals surface area contributed by atoms with Crippen molar-refractivity contribution in [2.45, 2.75) is 0 Å². The van der Waals surface area contributed by atoms with Crippen LogP contribution in [-0.4, -0.2) is 0 Å². The van der Waals surface area contributed by atoms with E-state index in [0.29, 0.717) is 0 Å². The molecule has 5 heteroatoms. The van der Waals surface area contributed by atoms with Gasteiger partial charge < -0.3 is 17.7 Å². The Morgan fingerprint density at radius 1 is 1.57 bits per heavy atom. The Morgan fingerprint density at radius 2 is 1.71 bits per heavy atom. The van der Waals surface area contributed by atoms with E-state index in [4.69, 9.17) is 18.8 Å². The van der Waals surface area contributed by atoms with Crippen LogP contribution >= 0.6 is 18.8 Å². The Kier molecular flexibility index (Phi) is 24.1. The van der Waals surface area contributed by atoms with Crippen LogP contribution in [-0.2, 0) is 16.5 Å². The molecule has 48 valence electrons. The van der Waals surface area contributed by atoms with E-state index in [9.17, 15) is 0 Å². The molecule has 0 unspecified atom stereocenters. The summed E-state index contributed by atoms with van der Waals surface area (Å²) in [4.78, 5) is 0. The predicted octanol–water partition coefficient (Wildman–Crippen LogP) is 0.555. The molecule has 0 bridgehead atoms. The first-order valence-corrected chi connectivity index (χ1v) is 6.78. The minimum atomic E-state index is -0.472. The van der Waals surface area contributed by atoms with Crippen molar-refractivity contribution < 1.29 is 16.5 Å². The van der Waals surface area contributed by atoms with Crippen LogP contribution < -0.4 is 11.5 Å². The maximum absolute atomic E-state index is 4.88. The van der Waals surface area contributed by atoms with E-state index < -0.39 is 16.5 Å². The SMILES string of the molecule is N[C-]=CN.[Cl][Pt][Cl]. The van der Waals surface area contributed by atoms with E-state index in [0.717, 1.165) is 6.20 Å². The molecule has 0 aliphatic rings. The van der Waals surface area contributed by atoms with Gasteiger partial charge in [0.1, 0.15) is 0 Å². The van der Waals surface area contributed by atoms with Crippen molar-refractivity contribution >= 4 is 18.8 Å². The van der Waals surface area contributed by atoms with Crippen molar-refractivity contribution in [3.8, 4) is 0 Å². The molecule has 0 saturated heterocycles. The number of hydrogen-bond donors (Lipinski definition) is 2. The van der Waals surface area contributed by atoms with E-state index in [1.165, 1.54) is 0 Å². The Hall–Kier alpha value is 0.608. The molecule has 4 N–H and O–H groups in total. The third kappa shape index (κ3) is 54.3. The standard InChI is InChI=1S/C2H5N2.2ClH.Pt/c3-1-2-4;;;/h1H,3-4H2;2*1H;/q-1;;;+2/p-2. The second kappa shape index (κ2) is 16.0. The van der Waals surface area contributed by atoms with Crippen molar-refractivity contribution in [2.75, 3.05) is 0 Å². The molecule has 0 amide bonds. The molecule has 0 aromatic heterocycles. The van der Waals surface area contributed by atoms with Gasteiger partial charge in [-0.1, -0.05) is 0 Å². The average molecular weight is 323 g/mol. The number of halogens is 2. The van der Waals surface area contributed by atoms with Crippen LogP contribution in [0.5, 0.6) is 0 Å². The van der Waals surface area contributed by atoms with Gasteiger partial charge in [-0.05, 0) is 0 Å². The second-order valence-electron chi connectivity index (χ2n) is 0.379. The van der Waals surface area contributed by atoms with E-state index in [2.05, 4.69) is 17.7 Å². The summed E-state index contributed by atoms with van der Waals surface area (Å²) in [6.07, 6.45) is 3.24. The molecule has 0 aliphatic heterocycles.